The van der Waals surface area contributed by atoms with E-state index in [0.717, 1.165) is 17.7 Å². The molecule has 0 saturated carbocycles. The molecule has 2 heterocycles. The molecule has 1 aliphatic rings. The molecule has 9 heteroatoms. The van der Waals surface area contributed by atoms with Crippen LogP contribution < -0.4 is 5.32 Å². The van der Waals surface area contributed by atoms with Crippen LogP contribution in [-0.2, 0) is 20.7 Å². The van der Waals surface area contributed by atoms with E-state index in [0.29, 0.717) is 5.69 Å². The topological polar surface area (TPSA) is 110 Å². The summed E-state index contributed by atoms with van der Waals surface area (Å²) in [6.07, 6.45) is 3.89. The highest BCUT2D eigenvalue weighted by Gasteiger charge is 2.34. The number of methoxy groups -OCH3 is 1. The first-order valence-corrected chi connectivity index (χ1v) is 8.55. The molecular formula is C18H21N5O4. The van der Waals surface area contributed by atoms with Crippen molar-refractivity contribution in [1.29, 1.82) is 0 Å². The fourth-order valence-electron chi connectivity index (χ4n) is 2.97. The number of ether oxygens (including phenoxy) is 1. The molecule has 1 aliphatic heterocycles. The van der Waals surface area contributed by atoms with Crippen molar-refractivity contribution < 1.29 is 19.4 Å². The number of benzene rings is 1. The number of aryl methyl sites for hydroxylation is 1. The van der Waals surface area contributed by atoms with E-state index in [1.54, 1.807) is 17.2 Å². The van der Waals surface area contributed by atoms with Crippen LogP contribution in [0.15, 0.2) is 42.1 Å². The summed E-state index contributed by atoms with van der Waals surface area (Å²) in [5.74, 6) is -0.916. The average molecular weight is 371 g/mol. The lowest BCUT2D eigenvalue weighted by Crippen LogP contribution is -2.31. The number of rotatable bonds is 7. The number of nitrogens with zero attached hydrogens (tertiary/aromatic N) is 4. The van der Waals surface area contributed by atoms with Gasteiger partial charge in [-0.05, 0) is 24.1 Å². The molecule has 27 heavy (non-hydrogen) atoms. The minimum Gasteiger partial charge on any atom is -0.466 e. The first-order valence-electron chi connectivity index (χ1n) is 8.55. The Kier molecular flexibility index (Phi) is 5.51. The first kappa shape index (κ1) is 18.6. The van der Waals surface area contributed by atoms with Crippen LogP contribution >= 0.6 is 0 Å². The van der Waals surface area contributed by atoms with Crippen LogP contribution in [0.3, 0.4) is 0 Å². The summed E-state index contributed by atoms with van der Waals surface area (Å²) in [7, 11) is 1.27. The number of carbonyl (C=O) groups excluding carboxylic acids is 2. The van der Waals surface area contributed by atoms with Gasteiger partial charge in [0.25, 0.3) is 5.91 Å². The van der Waals surface area contributed by atoms with Gasteiger partial charge in [-0.15, -0.1) is 10.2 Å². The second-order valence-electron chi connectivity index (χ2n) is 5.98. The van der Waals surface area contributed by atoms with Crippen LogP contribution in [0.25, 0.3) is 5.69 Å². The summed E-state index contributed by atoms with van der Waals surface area (Å²) in [6, 6.07) is 5.74. The predicted octanol–water partition coefficient (Wildman–Crippen LogP) is 0.503. The van der Waals surface area contributed by atoms with Crippen LogP contribution in [0.4, 0.5) is 5.69 Å². The maximum Gasteiger partial charge on any atom is 0.337 e. The van der Waals surface area contributed by atoms with Gasteiger partial charge in [-0.1, -0.05) is 13.0 Å². The molecule has 0 saturated heterocycles. The Morgan fingerprint density at radius 2 is 2.07 bits per heavy atom. The smallest absolute Gasteiger partial charge is 0.337 e. The quantitative estimate of drug-likeness (QED) is 0.682. The number of amides is 1. The number of anilines is 1. The normalized spacial score (nSPS) is 14.0. The van der Waals surface area contributed by atoms with Crippen molar-refractivity contribution in [2.75, 3.05) is 32.1 Å². The van der Waals surface area contributed by atoms with Crippen LogP contribution in [0.1, 0.15) is 12.5 Å². The van der Waals surface area contributed by atoms with Crippen molar-refractivity contribution in [3.05, 3.63) is 47.7 Å². The molecule has 142 valence electrons. The summed E-state index contributed by atoms with van der Waals surface area (Å²) in [5, 5.41) is 19.9. The van der Waals surface area contributed by atoms with E-state index in [1.807, 2.05) is 25.1 Å². The van der Waals surface area contributed by atoms with Gasteiger partial charge in [0, 0.05) is 12.2 Å². The Hall–Kier alpha value is -3.20. The van der Waals surface area contributed by atoms with Gasteiger partial charge in [-0.25, -0.2) is 4.79 Å². The SMILES string of the molecule is CCc1ccc(-n2cnnc2)cc1NC1=C(C(=O)OC)CN(CCO)C1=O. The van der Waals surface area contributed by atoms with E-state index in [2.05, 4.69) is 15.5 Å². The third kappa shape index (κ3) is 3.68. The zero-order valence-corrected chi connectivity index (χ0v) is 15.2. The number of esters is 1. The minimum absolute atomic E-state index is 0.0982. The number of hydrogen-bond donors (Lipinski definition) is 2. The monoisotopic (exact) mass is 371 g/mol. The van der Waals surface area contributed by atoms with Crippen LogP contribution in [0.5, 0.6) is 0 Å². The average Bonchev–Trinajstić information content (AvgIpc) is 3.32. The summed E-state index contributed by atoms with van der Waals surface area (Å²) in [6.45, 7) is 2.06. The van der Waals surface area contributed by atoms with E-state index in [-0.39, 0.29) is 36.9 Å². The van der Waals surface area contributed by atoms with Gasteiger partial charge in [0.15, 0.2) is 0 Å². The highest BCUT2D eigenvalue weighted by molar-refractivity contribution is 6.08. The van der Waals surface area contributed by atoms with Crippen LogP contribution in [-0.4, -0.2) is 63.5 Å². The maximum atomic E-state index is 12.7. The van der Waals surface area contributed by atoms with Gasteiger partial charge in [-0.2, -0.15) is 0 Å². The van der Waals surface area contributed by atoms with Crippen LogP contribution in [0, 0.1) is 0 Å². The Bertz CT molecular complexity index is 876. The Morgan fingerprint density at radius 3 is 2.70 bits per heavy atom. The number of aliphatic hydroxyl groups is 1. The van der Waals surface area contributed by atoms with Gasteiger partial charge in [0.2, 0.25) is 0 Å². The lowest BCUT2D eigenvalue weighted by atomic mass is 10.1. The van der Waals surface area contributed by atoms with Crippen molar-refractivity contribution in [2.24, 2.45) is 0 Å². The number of hydrogen-bond acceptors (Lipinski definition) is 7. The second kappa shape index (κ2) is 8.00. The molecule has 1 aromatic heterocycles. The predicted molar refractivity (Wildman–Crippen MR) is 97.1 cm³/mol. The molecule has 0 spiro atoms. The van der Waals surface area contributed by atoms with E-state index in [1.165, 1.54) is 12.0 Å². The molecule has 2 N–H and O–H groups in total. The fraction of sp³-hybridized carbons (Fsp3) is 0.333. The Balaban J connectivity index is 1.99. The van der Waals surface area contributed by atoms with Crippen molar-refractivity contribution in [2.45, 2.75) is 13.3 Å². The van der Waals surface area contributed by atoms with Crippen molar-refractivity contribution >= 4 is 17.6 Å². The van der Waals surface area contributed by atoms with Gasteiger partial charge in [0.1, 0.15) is 18.4 Å². The Labute approximate surface area is 156 Å². The van der Waals surface area contributed by atoms with Crippen molar-refractivity contribution in [3.8, 4) is 5.69 Å². The lowest BCUT2D eigenvalue weighted by molar-refractivity contribution is -0.136. The summed E-state index contributed by atoms with van der Waals surface area (Å²) in [4.78, 5) is 26.2. The molecule has 9 nitrogen and oxygen atoms in total. The van der Waals surface area contributed by atoms with Crippen LogP contribution in [0.2, 0.25) is 0 Å². The molecule has 0 unspecified atom stereocenters. The van der Waals surface area contributed by atoms with E-state index in [4.69, 9.17) is 9.84 Å². The highest BCUT2D eigenvalue weighted by Crippen LogP contribution is 2.27. The molecule has 0 aliphatic carbocycles. The van der Waals surface area contributed by atoms with E-state index >= 15 is 0 Å². The first-order chi connectivity index (χ1) is 13.1. The third-order valence-electron chi connectivity index (χ3n) is 4.40. The molecule has 3 rings (SSSR count). The van der Waals surface area contributed by atoms with Gasteiger partial charge in [0.05, 0.1) is 31.5 Å². The number of aromatic nitrogens is 3. The summed E-state index contributed by atoms with van der Waals surface area (Å²) >= 11 is 0. The molecule has 0 bridgehead atoms. The maximum absolute atomic E-state index is 12.7. The fourth-order valence-corrected chi connectivity index (χ4v) is 2.97. The van der Waals surface area contributed by atoms with E-state index < -0.39 is 5.97 Å². The summed E-state index contributed by atoms with van der Waals surface area (Å²) < 4.78 is 6.56. The molecule has 0 atom stereocenters. The number of β-amino-alcohol motifs (C(OH)–C–C–N with tert-alkyl or cyclic N) is 1. The second-order valence-corrected chi connectivity index (χ2v) is 5.98. The largest absolute Gasteiger partial charge is 0.466 e. The zero-order valence-electron chi connectivity index (χ0n) is 15.2. The van der Waals surface area contributed by atoms with Gasteiger partial charge >= 0.3 is 5.97 Å². The number of aliphatic hydroxyl groups excluding tert-OH is 1. The third-order valence-corrected chi connectivity index (χ3v) is 4.40. The zero-order chi connectivity index (χ0) is 19.4. The van der Waals surface area contributed by atoms with E-state index in [9.17, 15) is 9.59 Å². The summed E-state index contributed by atoms with van der Waals surface area (Å²) in [5.41, 5.74) is 2.92. The van der Waals surface area contributed by atoms with Crippen molar-refractivity contribution in [3.63, 3.8) is 0 Å². The molecule has 0 radical (unpaired) electrons. The standard InChI is InChI=1S/C18H21N5O4/c1-3-12-4-5-13(23-10-19-20-11-23)8-15(12)21-16-14(18(26)27-2)9-22(6-7-24)17(16)25/h4-5,8,10-11,21,24H,3,6-7,9H2,1-2H3. The Morgan fingerprint density at radius 1 is 1.33 bits per heavy atom. The molecule has 1 amide bonds. The number of carbonyl (C=O) groups is 2. The lowest BCUT2D eigenvalue weighted by Gasteiger charge is -2.16. The van der Waals surface area contributed by atoms with Gasteiger partial charge in [-0.3, -0.25) is 9.36 Å². The van der Waals surface area contributed by atoms with Crippen molar-refractivity contribution in [1.82, 2.24) is 19.7 Å². The molecule has 1 aromatic carbocycles. The molecule has 2 aromatic rings. The molecule has 0 fully saturated rings. The molecular weight excluding hydrogens is 350 g/mol. The minimum atomic E-state index is -0.570. The highest BCUT2D eigenvalue weighted by atomic mass is 16.5. The number of nitrogens with one attached hydrogen (secondary N) is 1. The van der Waals surface area contributed by atoms with Gasteiger partial charge < -0.3 is 20.1 Å².